The van der Waals surface area contributed by atoms with Gasteiger partial charge in [-0.15, -0.1) is 0 Å². The van der Waals surface area contributed by atoms with Crippen molar-refractivity contribution in [3.05, 3.63) is 91.2 Å². The molecule has 1 aliphatic rings. The van der Waals surface area contributed by atoms with Gasteiger partial charge in [0.05, 0.1) is 11.1 Å². The fraction of sp³-hybridized carbons (Fsp3) is 0.190. The van der Waals surface area contributed by atoms with E-state index in [1.54, 1.807) is 12.1 Å². The zero-order chi connectivity index (χ0) is 21.4. The molecule has 1 aliphatic heterocycles. The van der Waals surface area contributed by atoms with Gasteiger partial charge in [-0.05, 0) is 48.0 Å². The lowest BCUT2D eigenvalue weighted by Crippen LogP contribution is -2.31. The highest BCUT2D eigenvalue weighted by Crippen LogP contribution is 2.38. The van der Waals surface area contributed by atoms with Gasteiger partial charge in [0.25, 0.3) is 11.6 Å². The van der Waals surface area contributed by atoms with Crippen LogP contribution in [0.2, 0.25) is 10.0 Å². The zero-order valence-corrected chi connectivity index (χ0v) is 17.5. The molecule has 3 aromatic rings. The molecule has 1 aromatic heterocycles. The third-order valence-electron chi connectivity index (χ3n) is 5.16. The maximum atomic E-state index is 12.5. The number of amides is 1. The Hall–Kier alpha value is -2.87. The van der Waals surface area contributed by atoms with Gasteiger partial charge in [0.1, 0.15) is 5.69 Å². The number of benzene rings is 2. The molecule has 0 fully saturated rings. The van der Waals surface area contributed by atoms with Crippen LogP contribution in [-0.4, -0.2) is 34.3 Å². The molecule has 7 nitrogen and oxygen atoms in total. The van der Waals surface area contributed by atoms with Crippen LogP contribution in [-0.2, 0) is 6.54 Å². The van der Waals surface area contributed by atoms with Gasteiger partial charge in [0, 0.05) is 40.8 Å². The number of halogens is 2. The first-order chi connectivity index (χ1) is 14.3. The van der Waals surface area contributed by atoms with Crippen molar-refractivity contribution in [2.75, 3.05) is 18.9 Å². The topological polar surface area (TPSA) is 91.3 Å². The highest BCUT2D eigenvalue weighted by Gasteiger charge is 2.27. The summed E-state index contributed by atoms with van der Waals surface area (Å²) in [6.07, 6.45) is 1.19. The monoisotopic (exact) mass is 444 g/mol. The number of carbonyl (C=O) groups excluding carboxylic acids is 1. The summed E-state index contributed by atoms with van der Waals surface area (Å²) in [7, 11) is 2.03. The van der Waals surface area contributed by atoms with E-state index in [1.165, 1.54) is 12.3 Å². The van der Waals surface area contributed by atoms with Crippen molar-refractivity contribution in [1.29, 1.82) is 0 Å². The summed E-state index contributed by atoms with van der Waals surface area (Å²) >= 11 is 12.7. The normalized spacial score (nSPS) is 16.2. The minimum atomic E-state index is -0.554. The molecule has 2 heterocycles. The molecular weight excluding hydrogens is 427 g/mol. The van der Waals surface area contributed by atoms with Crippen LogP contribution in [0.5, 0.6) is 0 Å². The van der Waals surface area contributed by atoms with E-state index in [1.807, 2.05) is 31.3 Å². The maximum absolute atomic E-state index is 12.5. The highest BCUT2D eigenvalue weighted by molar-refractivity contribution is 6.35. The summed E-state index contributed by atoms with van der Waals surface area (Å²) in [5, 5.41) is 14.8. The molecule has 1 atom stereocenters. The Morgan fingerprint density at radius 1 is 1.27 bits per heavy atom. The largest absolute Gasteiger partial charge is 0.351 e. The van der Waals surface area contributed by atoms with Crippen molar-refractivity contribution < 1.29 is 9.72 Å². The predicted octanol–water partition coefficient (Wildman–Crippen LogP) is 5.06. The van der Waals surface area contributed by atoms with Crippen molar-refractivity contribution in [1.82, 2.24) is 9.88 Å². The standard InChI is InChI=1S/C21H18Cl2N4O3/c1-26-10-17(16-6-13(22)7-19(23)18(16)11-26)12-3-2-4-14(5-12)25-21(28)20-8-15(9-24-20)27(29)30/h2-9,17,24H,10-11H2,1H3,(H,25,28). The molecule has 1 amide bonds. The minimum absolute atomic E-state index is 0.0402. The van der Waals surface area contributed by atoms with Gasteiger partial charge in [-0.1, -0.05) is 35.3 Å². The second kappa shape index (κ2) is 8.10. The molecule has 154 valence electrons. The van der Waals surface area contributed by atoms with E-state index < -0.39 is 10.8 Å². The summed E-state index contributed by atoms with van der Waals surface area (Å²) in [6, 6.07) is 12.4. The van der Waals surface area contributed by atoms with Gasteiger partial charge in [0.2, 0.25) is 0 Å². The van der Waals surface area contributed by atoms with E-state index in [-0.39, 0.29) is 17.3 Å². The van der Waals surface area contributed by atoms with Crippen molar-refractivity contribution >= 4 is 40.5 Å². The lowest BCUT2D eigenvalue weighted by molar-refractivity contribution is -0.384. The van der Waals surface area contributed by atoms with Gasteiger partial charge in [-0.2, -0.15) is 0 Å². The average Bonchev–Trinajstić information content (AvgIpc) is 3.19. The number of aromatic amines is 1. The highest BCUT2D eigenvalue weighted by atomic mass is 35.5. The number of aromatic nitrogens is 1. The van der Waals surface area contributed by atoms with Gasteiger partial charge in [0.15, 0.2) is 0 Å². The van der Waals surface area contributed by atoms with Crippen LogP contribution in [0.3, 0.4) is 0 Å². The van der Waals surface area contributed by atoms with Crippen LogP contribution in [0.1, 0.15) is 33.1 Å². The maximum Gasteiger partial charge on any atom is 0.287 e. The molecule has 0 saturated carbocycles. The number of nitro groups is 1. The third kappa shape index (κ3) is 4.05. The average molecular weight is 445 g/mol. The van der Waals surface area contributed by atoms with Crippen molar-refractivity contribution in [2.45, 2.75) is 12.5 Å². The Bertz CT molecular complexity index is 1150. The first-order valence-corrected chi connectivity index (χ1v) is 9.98. The molecule has 9 heteroatoms. The van der Waals surface area contributed by atoms with Crippen LogP contribution in [0.25, 0.3) is 0 Å². The quantitative estimate of drug-likeness (QED) is 0.434. The minimum Gasteiger partial charge on any atom is -0.351 e. The van der Waals surface area contributed by atoms with Crippen LogP contribution in [0.4, 0.5) is 11.4 Å². The first-order valence-electron chi connectivity index (χ1n) is 9.22. The molecule has 0 bridgehead atoms. The molecule has 0 spiro atoms. The first kappa shape index (κ1) is 20.4. The molecule has 4 rings (SSSR count). The molecule has 0 saturated heterocycles. The molecule has 2 N–H and O–H groups in total. The summed E-state index contributed by atoms with van der Waals surface area (Å²) in [5.41, 5.74) is 3.69. The summed E-state index contributed by atoms with van der Waals surface area (Å²) in [6.45, 7) is 1.52. The SMILES string of the molecule is CN1Cc2c(Cl)cc(Cl)cc2C(c2cccc(NC(=O)c3cc([N+](=O)[O-])c[nH]3)c2)C1. The van der Waals surface area contributed by atoms with Crippen LogP contribution in [0, 0.1) is 10.1 Å². The van der Waals surface area contributed by atoms with Crippen molar-refractivity contribution in [2.24, 2.45) is 0 Å². The number of nitrogens with zero attached hydrogens (tertiary/aromatic N) is 2. The molecule has 0 aliphatic carbocycles. The Labute approximate surface area is 182 Å². The van der Waals surface area contributed by atoms with E-state index in [0.717, 1.165) is 29.8 Å². The number of hydrogen-bond donors (Lipinski definition) is 2. The van der Waals surface area contributed by atoms with Crippen LogP contribution in [0.15, 0.2) is 48.7 Å². The van der Waals surface area contributed by atoms with E-state index in [9.17, 15) is 14.9 Å². The van der Waals surface area contributed by atoms with Gasteiger partial charge in [-0.3, -0.25) is 14.9 Å². The number of likely N-dealkylation sites (N-methyl/N-ethyl adjacent to an activating group) is 1. The molecule has 0 radical (unpaired) electrons. The summed E-state index contributed by atoms with van der Waals surface area (Å²) in [4.78, 5) is 27.6. The molecule has 2 aromatic carbocycles. The number of nitrogens with one attached hydrogen (secondary N) is 2. The van der Waals surface area contributed by atoms with E-state index >= 15 is 0 Å². The second-order valence-corrected chi connectivity index (χ2v) is 8.16. The summed E-state index contributed by atoms with van der Waals surface area (Å²) in [5.74, 6) is -0.411. The van der Waals surface area contributed by atoms with E-state index in [2.05, 4.69) is 15.2 Å². The number of anilines is 1. The fourth-order valence-electron chi connectivity index (χ4n) is 3.78. The van der Waals surface area contributed by atoms with E-state index in [0.29, 0.717) is 15.7 Å². The number of fused-ring (bicyclic) bond motifs is 1. The lowest BCUT2D eigenvalue weighted by Gasteiger charge is -2.33. The van der Waals surface area contributed by atoms with Gasteiger partial charge < -0.3 is 15.2 Å². The Morgan fingerprint density at radius 3 is 2.80 bits per heavy atom. The molecule has 1 unspecified atom stereocenters. The zero-order valence-electron chi connectivity index (χ0n) is 16.0. The van der Waals surface area contributed by atoms with Crippen molar-refractivity contribution in [3.8, 4) is 0 Å². The number of carbonyl (C=O) groups is 1. The number of rotatable bonds is 4. The number of hydrogen-bond acceptors (Lipinski definition) is 4. The van der Waals surface area contributed by atoms with Crippen LogP contribution >= 0.6 is 23.2 Å². The smallest absolute Gasteiger partial charge is 0.287 e. The Kier molecular flexibility index (Phi) is 5.51. The van der Waals surface area contributed by atoms with Gasteiger partial charge in [-0.25, -0.2) is 0 Å². The molecular formula is C21H18Cl2N4O3. The lowest BCUT2D eigenvalue weighted by atomic mass is 9.84. The predicted molar refractivity (Wildman–Crippen MR) is 116 cm³/mol. The second-order valence-electron chi connectivity index (χ2n) is 7.31. The Balaban J connectivity index is 1.62. The molecule has 30 heavy (non-hydrogen) atoms. The van der Waals surface area contributed by atoms with Crippen LogP contribution < -0.4 is 5.32 Å². The summed E-state index contributed by atoms with van der Waals surface area (Å²) < 4.78 is 0. The Morgan fingerprint density at radius 2 is 2.07 bits per heavy atom. The third-order valence-corrected chi connectivity index (χ3v) is 5.72. The van der Waals surface area contributed by atoms with Crippen molar-refractivity contribution in [3.63, 3.8) is 0 Å². The van der Waals surface area contributed by atoms with Gasteiger partial charge >= 0.3 is 0 Å². The number of H-pyrrole nitrogens is 1. The fourth-order valence-corrected chi connectivity index (χ4v) is 4.35. The van der Waals surface area contributed by atoms with E-state index in [4.69, 9.17) is 23.2 Å².